The highest BCUT2D eigenvalue weighted by atomic mass is 16.5. The van der Waals surface area contributed by atoms with Crippen LogP contribution in [-0.2, 0) is 4.74 Å². The fourth-order valence-corrected chi connectivity index (χ4v) is 3.04. The van der Waals surface area contributed by atoms with Crippen LogP contribution in [0.3, 0.4) is 0 Å². The van der Waals surface area contributed by atoms with E-state index in [0.29, 0.717) is 12.0 Å². The second-order valence-electron chi connectivity index (χ2n) is 6.65. The average molecular weight is 317 g/mol. The van der Waals surface area contributed by atoms with E-state index in [1.807, 2.05) is 0 Å². The number of fused-ring (bicyclic) bond motifs is 1. The Bertz CT molecular complexity index is 618. The van der Waals surface area contributed by atoms with E-state index in [1.165, 1.54) is 32.1 Å². The molecule has 0 unspecified atom stereocenters. The fourth-order valence-electron chi connectivity index (χ4n) is 3.04. The van der Waals surface area contributed by atoms with Crippen LogP contribution in [0.25, 0.3) is 5.65 Å². The van der Waals surface area contributed by atoms with E-state index in [9.17, 15) is 0 Å². The lowest BCUT2D eigenvalue weighted by Gasteiger charge is -2.22. The summed E-state index contributed by atoms with van der Waals surface area (Å²) in [4.78, 5) is 0. The first-order valence-electron chi connectivity index (χ1n) is 8.80. The van der Waals surface area contributed by atoms with Crippen LogP contribution >= 0.6 is 0 Å². The molecule has 0 aromatic carbocycles. The SMILES string of the molecule is CC(C)c1cc(NCCCOC2CCCCC2)c2nncn2n1. The van der Waals surface area contributed by atoms with Crippen LogP contribution in [0.5, 0.6) is 0 Å². The van der Waals surface area contributed by atoms with Gasteiger partial charge in [-0.15, -0.1) is 10.2 Å². The van der Waals surface area contributed by atoms with E-state index in [2.05, 4.69) is 40.5 Å². The Hall–Kier alpha value is -1.69. The maximum Gasteiger partial charge on any atom is 0.200 e. The molecule has 0 radical (unpaired) electrons. The Labute approximate surface area is 137 Å². The van der Waals surface area contributed by atoms with Gasteiger partial charge in [-0.3, -0.25) is 0 Å². The van der Waals surface area contributed by atoms with Crippen molar-refractivity contribution >= 4 is 11.3 Å². The van der Waals surface area contributed by atoms with Gasteiger partial charge in [0, 0.05) is 13.2 Å². The molecule has 0 spiro atoms. The van der Waals surface area contributed by atoms with Gasteiger partial charge in [0.25, 0.3) is 0 Å². The van der Waals surface area contributed by atoms with Gasteiger partial charge in [-0.1, -0.05) is 33.1 Å². The van der Waals surface area contributed by atoms with Crippen LogP contribution in [0.1, 0.15) is 64.0 Å². The van der Waals surface area contributed by atoms with Gasteiger partial charge in [-0.2, -0.15) is 9.61 Å². The van der Waals surface area contributed by atoms with Gasteiger partial charge >= 0.3 is 0 Å². The molecule has 23 heavy (non-hydrogen) atoms. The summed E-state index contributed by atoms with van der Waals surface area (Å²) in [6.07, 6.45) is 9.61. The molecule has 0 aliphatic heterocycles. The zero-order valence-electron chi connectivity index (χ0n) is 14.2. The predicted octanol–water partition coefficient (Wildman–Crippen LogP) is 3.40. The minimum absolute atomic E-state index is 0.372. The molecule has 126 valence electrons. The first-order chi connectivity index (χ1) is 11.2. The molecule has 0 atom stereocenters. The number of rotatable bonds is 7. The smallest absolute Gasteiger partial charge is 0.200 e. The second-order valence-corrected chi connectivity index (χ2v) is 6.65. The van der Waals surface area contributed by atoms with Gasteiger partial charge in [-0.25, -0.2) is 0 Å². The van der Waals surface area contributed by atoms with Crippen LogP contribution in [0.4, 0.5) is 5.69 Å². The van der Waals surface area contributed by atoms with E-state index in [0.717, 1.165) is 36.6 Å². The first-order valence-corrected chi connectivity index (χ1v) is 8.80. The van der Waals surface area contributed by atoms with E-state index in [1.54, 1.807) is 10.8 Å². The Kier molecular flexibility index (Phi) is 5.43. The molecule has 1 aliphatic rings. The molecule has 0 saturated heterocycles. The van der Waals surface area contributed by atoms with Gasteiger partial charge in [-0.05, 0) is 31.2 Å². The molecular formula is C17H27N5O. The van der Waals surface area contributed by atoms with Gasteiger partial charge in [0.1, 0.15) is 6.33 Å². The molecule has 6 heteroatoms. The van der Waals surface area contributed by atoms with Crippen molar-refractivity contribution in [2.24, 2.45) is 0 Å². The van der Waals surface area contributed by atoms with Crippen molar-refractivity contribution in [3.05, 3.63) is 18.1 Å². The Morgan fingerprint density at radius 1 is 1.30 bits per heavy atom. The molecule has 2 aromatic rings. The molecule has 1 aliphatic carbocycles. The van der Waals surface area contributed by atoms with Gasteiger partial charge in [0.2, 0.25) is 5.65 Å². The highest BCUT2D eigenvalue weighted by Gasteiger charge is 2.13. The molecule has 1 N–H and O–H groups in total. The van der Waals surface area contributed by atoms with E-state index >= 15 is 0 Å². The number of anilines is 1. The molecule has 1 fully saturated rings. The lowest BCUT2D eigenvalue weighted by molar-refractivity contribution is 0.0284. The number of hydrogen-bond donors (Lipinski definition) is 1. The molecule has 2 heterocycles. The van der Waals surface area contributed by atoms with E-state index in [4.69, 9.17) is 4.74 Å². The summed E-state index contributed by atoms with van der Waals surface area (Å²) in [5.41, 5.74) is 2.82. The quantitative estimate of drug-likeness (QED) is 0.793. The zero-order chi connectivity index (χ0) is 16.1. The predicted molar refractivity (Wildman–Crippen MR) is 90.8 cm³/mol. The Balaban J connectivity index is 1.51. The normalized spacial score (nSPS) is 16.3. The molecule has 2 aromatic heterocycles. The van der Waals surface area contributed by atoms with E-state index < -0.39 is 0 Å². The van der Waals surface area contributed by atoms with Crippen molar-refractivity contribution in [3.8, 4) is 0 Å². The molecule has 1 saturated carbocycles. The van der Waals surface area contributed by atoms with Crippen molar-refractivity contribution in [1.82, 2.24) is 19.8 Å². The van der Waals surface area contributed by atoms with Crippen LogP contribution in [0.15, 0.2) is 12.4 Å². The Morgan fingerprint density at radius 3 is 2.91 bits per heavy atom. The van der Waals surface area contributed by atoms with Crippen molar-refractivity contribution in [2.45, 2.75) is 64.4 Å². The molecule has 6 nitrogen and oxygen atoms in total. The number of hydrogen-bond acceptors (Lipinski definition) is 5. The summed E-state index contributed by atoms with van der Waals surface area (Å²) in [7, 11) is 0. The van der Waals surface area contributed by atoms with Gasteiger partial charge < -0.3 is 10.1 Å². The minimum Gasteiger partial charge on any atom is -0.382 e. The summed E-state index contributed by atoms with van der Waals surface area (Å²) in [5.74, 6) is 0.372. The highest BCUT2D eigenvalue weighted by molar-refractivity contribution is 5.66. The minimum atomic E-state index is 0.372. The number of ether oxygens (including phenoxy) is 1. The van der Waals surface area contributed by atoms with Crippen LogP contribution in [-0.4, -0.2) is 39.1 Å². The van der Waals surface area contributed by atoms with Crippen molar-refractivity contribution in [2.75, 3.05) is 18.5 Å². The summed E-state index contributed by atoms with van der Waals surface area (Å²) in [6.45, 7) is 5.97. The molecule has 0 bridgehead atoms. The lowest BCUT2D eigenvalue weighted by Crippen LogP contribution is -2.18. The topological polar surface area (TPSA) is 64.3 Å². The third-order valence-corrected chi connectivity index (χ3v) is 4.42. The maximum atomic E-state index is 5.97. The number of aromatic nitrogens is 4. The van der Waals surface area contributed by atoms with Crippen molar-refractivity contribution < 1.29 is 4.74 Å². The van der Waals surface area contributed by atoms with Crippen LogP contribution < -0.4 is 5.32 Å². The molecular weight excluding hydrogens is 290 g/mol. The van der Waals surface area contributed by atoms with E-state index in [-0.39, 0.29) is 0 Å². The summed E-state index contributed by atoms with van der Waals surface area (Å²) < 4.78 is 7.72. The van der Waals surface area contributed by atoms with Gasteiger partial charge in [0.15, 0.2) is 0 Å². The standard InChI is InChI=1S/C17H27N5O/c1-13(2)15-11-16(17-20-19-12-22(17)21-15)18-9-6-10-23-14-7-4-3-5-8-14/h11-14,18H,3-10H2,1-2H3. The molecule has 0 amide bonds. The summed E-state index contributed by atoms with van der Waals surface area (Å²) in [5, 5.41) is 16.1. The van der Waals surface area contributed by atoms with Crippen molar-refractivity contribution in [1.29, 1.82) is 0 Å². The first kappa shape index (κ1) is 16.2. The summed E-state index contributed by atoms with van der Waals surface area (Å²) in [6, 6.07) is 2.08. The van der Waals surface area contributed by atoms with Crippen molar-refractivity contribution in [3.63, 3.8) is 0 Å². The zero-order valence-corrected chi connectivity index (χ0v) is 14.2. The highest BCUT2D eigenvalue weighted by Crippen LogP contribution is 2.21. The lowest BCUT2D eigenvalue weighted by atomic mass is 9.98. The second kappa shape index (κ2) is 7.73. The monoisotopic (exact) mass is 317 g/mol. The Morgan fingerprint density at radius 2 is 2.13 bits per heavy atom. The van der Waals surface area contributed by atoms with Crippen LogP contribution in [0.2, 0.25) is 0 Å². The van der Waals surface area contributed by atoms with Crippen LogP contribution in [0, 0.1) is 0 Å². The maximum absolute atomic E-state index is 5.97. The average Bonchev–Trinajstić information content (AvgIpc) is 3.04. The number of nitrogens with zero attached hydrogens (tertiary/aromatic N) is 4. The molecule has 3 rings (SSSR count). The number of nitrogens with one attached hydrogen (secondary N) is 1. The fraction of sp³-hybridized carbons (Fsp3) is 0.706. The largest absolute Gasteiger partial charge is 0.382 e. The third-order valence-electron chi connectivity index (χ3n) is 4.42. The third kappa shape index (κ3) is 4.19. The summed E-state index contributed by atoms with van der Waals surface area (Å²) >= 11 is 0. The van der Waals surface area contributed by atoms with Gasteiger partial charge in [0.05, 0.1) is 17.5 Å².